The molecule has 0 bridgehead atoms. The fraction of sp³-hybridized carbons (Fsp3) is 0.462. The summed E-state index contributed by atoms with van der Waals surface area (Å²) in [6, 6.07) is 3.21. The highest BCUT2D eigenvalue weighted by atomic mass is 19.2. The van der Waals surface area contributed by atoms with E-state index in [0.717, 1.165) is 31.5 Å². The first-order chi connectivity index (χ1) is 9.16. The first kappa shape index (κ1) is 13.7. The van der Waals surface area contributed by atoms with Gasteiger partial charge < -0.3 is 15.4 Å². The van der Waals surface area contributed by atoms with Crippen LogP contribution in [0.25, 0.3) is 0 Å². The lowest BCUT2D eigenvalue weighted by molar-refractivity contribution is -0.122. The fourth-order valence-electron chi connectivity index (χ4n) is 1.94. The number of carbonyl (C=O) groups is 1. The summed E-state index contributed by atoms with van der Waals surface area (Å²) in [4.78, 5) is 11.6. The smallest absolute Gasteiger partial charge is 0.237 e. The van der Waals surface area contributed by atoms with Crippen molar-refractivity contribution in [3.05, 3.63) is 29.8 Å². The van der Waals surface area contributed by atoms with E-state index in [4.69, 9.17) is 4.74 Å². The molecule has 0 aliphatic carbocycles. The Bertz CT molecular complexity index is 448. The molecule has 1 saturated heterocycles. The van der Waals surface area contributed by atoms with Gasteiger partial charge in [0.1, 0.15) is 12.4 Å². The Labute approximate surface area is 110 Å². The largest absolute Gasteiger partial charge is 0.492 e. The van der Waals surface area contributed by atoms with Crippen molar-refractivity contribution in [3.63, 3.8) is 0 Å². The highest BCUT2D eigenvalue weighted by Crippen LogP contribution is 2.15. The molecule has 1 aliphatic rings. The van der Waals surface area contributed by atoms with E-state index in [-0.39, 0.29) is 24.3 Å². The maximum atomic E-state index is 12.9. The predicted molar refractivity (Wildman–Crippen MR) is 65.9 cm³/mol. The van der Waals surface area contributed by atoms with Gasteiger partial charge >= 0.3 is 0 Å². The molecule has 19 heavy (non-hydrogen) atoms. The van der Waals surface area contributed by atoms with Gasteiger partial charge in [-0.15, -0.1) is 0 Å². The molecule has 1 amide bonds. The number of carbonyl (C=O) groups excluding carboxylic acids is 1. The van der Waals surface area contributed by atoms with Crippen molar-refractivity contribution in [2.24, 2.45) is 0 Å². The zero-order valence-electron chi connectivity index (χ0n) is 10.4. The Morgan fingerprint density at radius 3 is 2.95 bits per heavy atom. The minimum atomic E-state index is -0.948. The lowest BCUT2D eigenvalue weighted by atomic mass is 10.2. The van der Waals surface area contributed by atoms with Gasteiger partial charge in [0.05, 0.1) is 12.6 Å². The number of halogens is 2. The summed E-state index contributed by atoms with van der Waals surface area (Å²) in [7, 11) is 0. The van der Waals surface area contributed by atoms with E-state index in [1.54, 1.807) is 0 Å². The van der Waals surface area contributed by atoms with Crippen LogP contribution in [-0.4, -0.2) is 31.6 Å². The van der Waals surface area contributed by atoms with E-state index in [9.17, 15) is 13.6 Å². The van der Waals surface area contributed by atoms with Crippen LogP contribution in [0.15, 0.2) is 18.2 Å². The van der Waals surface area contributed by atoms with Gasteiger partial charge in [-0.25, -0.2) is 8.78 Å². The van der Waals surface area contributed by atoms with Crippen molar-refractivity contribution in [1.29, 1.82) is 0 Å². The van der Waals surface area contributed by atoms with E-state index in [1.165, 1.54) is 6.07 Å². The number of rotatable bonds is 5. The number of nitrogens with one attached hydrogen (secondary N) is 2. The molecule has 1 fully saturated rings. The van der Waals surface area contributed by atoms with Gasteiger partial charge in [0, 0.05) is 6.07 Å². The number of benzene rings is 1. The topological polar surface area (TPSA) is 50.4 Å². The first-order valence-corrected chi connectivity index (χ1v) is 6.26. The summed E-state index contributed by atoms with van der Waals surface area (Å²) in [6.45, 7) is 1.41. The second-order valence-electron chi connectivity index (χ2n) is 4.36. The van der Waals surface area contributed by atoms with E-state index in [0.29, 0.717) is 6.54 Å². The summed E-state index contributed by atoms with van der Waals surface area (Å²) in [6.07, 6.45) is 1.85. The Morgan fingerprint density at radius 2 is 2.26 bits per heavy atom. The number of amides is 1. The fourth-order valence-corrected chi connectivity index (χ4v) is 1.94. The molecule has 0 saturated carbocycles. The van der Waals surface area contributed by atoms with Crippen LogP contribution in [0, 0.1) is 11.6 Å². The number of hydrogen-bond acceptors (Lipinski definition) is 3. The highest BCUT2D eigenvalue weighted by molar-refractivity contribution is 5.81. The molecule has 0 radical (unpaired) electrons. The summed E-state index contributed by atoms with van der Waals surface area (Å²) in [5.74, 6) is -1.66. The molecule has 0 unspecified atom stereocenters. The molecule has 6 heteroatoms. The van der Waals surface area contributed by atoms with Gasteiger partial charge in [-0.3, -0.25) is 4.79 Å². The van der Waals surface area contributed by atoms with Crippen molar-refractivity contribution in [3.8, 4) is 5.75 Å². The molecule has 2 rings (SSSR count). The Hall–Kier alpha value is -1.69. The normalized spacial score (nSPS) is 18.3. The molecule has 4 nitrogen and oxygen atoms in total. The van der Waals surface area contributed by atoms with Crippen LogP contribution < -0.4 is 15.4 Å². The van der Waals surface area contributed by atoms with Crippen LogP contribution in [-0.2, 0) is 4.79 Å². The molecule has 2 N–H and O–H groups in total. The summed E-state index contributed by atoms with van der Waals surface area (Å²) >= 11 is 0. The standard InChI is InChI=1S/C13H16F2N2O2/c14-10-4-3-9(8-11(10)15)19-7-6-17-13(18)12-2-1-5-16-12/h3-4,8,12,16H,1-2,5-7H2,(H,17,18)/t12-/m0/s1. The van der Waals surface area contributed by atoms with Crippen LogP contribution >= 0.6 is 0 Å². The van der Waals surface area contributed by atoms with Crippen molar-refractivity contribution in [2.45, 2.75) is 18.9 Å². The van der Waals surface area contributed by atoms with Gasteiger partial charge in [-0.2, -0.15) is 0 Å². The van der Waals surface area contributed by atoms with E-state index >= 15 is 0 Å². The highest BCUT2D eigenvalue weighted by Gasteiger charge is 2.21. The summed E-state index contributed by atoms with van der Waals surface area (Å²) in [5, 5.41) is 5.81. The minimum absolute atomic E-state index is 0.0496. The van der Waals surface area contributed by atoms with Crippen LogP contribution in [0.4, 0.5) is 8.78 Å². The first-order valence-electron chi connectivity index (χ1n) is 6.26. The van der Waals surface area contributed by atoms with Crippen molar-refractivity contribution in [2.75, 3.05) is 19.7 Å². The number of hydrogen-bond donors (Lipinski definition) is 2. The molecule has 1 aliphatic heterocycles. The molecular weight excluding hydrogens is 254 g/mol. The van der Waals surface area contributed by atoms with Gasteiger partial charge in [0.25, 0.3) is 0 Å². The average Bonchev–Trinajstić information content (AvgIpc) is 2.92. The van der Waals surface area contributed by atoms with Crippen molar-refractivity contribution >= 4 is 5.91 Å². The Balaban J connectivity index is 1.68. The molecule has 1 aromatic rings. The third kappa shape index (κ3) is 3.89. The molecule has 0 aromatic heterocycles. The number of ether oxygens (including phenoxy) is 1. The quantitative estimate of drug-likeness (QED) is 0.791. The van der Waals surface area contributed by atoms with E-state index < -0.39 is 11.6 Å². The molecule has 1 atom stereocenters. The average molecular weight is 270 g/mol. The molecule has 1 aromatic carbocycles. The second kappa shape index (κ2) is 6.47. The monoisotopic (exact) mass is 270 g/mol. The third-order valence-corrected chi connectivity index (χ3v) is 2.94. The molecule has 0 spiro atoms. The summed E-state index contributed by atoms with van der Waals surface area (Å²) in [5.41, 5.74) is 0. The van der Waals surface area contributed by atoms with Crippen molar-refractivity contribution in [1.82, 2.24) is 10.6 Å². The summed E-state index contributed by atoms with van der Waals surface area (Å²) < 4.78 is 30.8. The van der Waals surface area contributed by atoms with Gasteiger partial charge in [-0.05, 0) is 31.5 Å². The lowest BCUT2D eigenvalue weighted by Crippen LogP contribution is -2.41. The SMILES string of the molecule is O=C(NCCOc1ccc(F)c(F)c1)[C@@H]1CCCN1. The molecule has 1 heterocycles. The maximum Gasteiger partial charge on any atom is 0.237 e. The Kier molecular flexibility index (Phi) is 4.68. The zero-order valence-corrected chi connectivity index (χ0v) is 10.4. The van der Waals surface area contributed by atoms with E-state index in [1.807, 2.05) is 0 Å². The van der Waals surface area contributed by atoms with Crippen LogP contribution in [0.1, 0.15) is 12.8 Å². The van der Waals surface area contributed by atoms with Crippen LogP contribution in [0.2, 0.25) is 0 Å². The van der Waals surface area contributed by atoms with Gasteiger partial charge in [0.2, 0.25) is 5.91 Å². The second-order valence-corrected chi connectivity index (χ2v) is 4.36. The third-order valence-electron chi connectivity index (χ3n) is 2.94. The van der Waals surface area contributed by atoms with Crippen LogP contribution in [0.5, 0.6) is 5.75 Å². The van der Waals surface area contributed by atoms with Crippen LogP contribution in [0.3, 0.4) is 0 Å². The predicted octanol–water partition coefficient (Wildman–Crippen LogP) is 1.21. The maximum absolute atomic E-state index is 12.9. The van der Waals surface area contributed by atoms with Gasteiger partial charge in [-0.1, -0.05) is 0 Å². The Morgan fingerprint density at radius 1 is 1.42 bits per heavy atom. The zero-order chi connectivity index (χ0) is 13.7. The van der Waals surface area contributed by atoms with Crippen molar-refractivity contribution < 1.29 is 18.3 Å². The van der Waals surface area contributed by atoms with E-state index in [2.05, 4.69) is 10.6 Å². The lowest BCUT2D eigenvalue weighted by Gasteiger charge is -2.11. The minimum Gasteiger partial charge on any atom is -0.492 e. The van der Waals surface area contributed by atoms with Gasteiger partial charge in [0.15, 0.2) is 11.6 Å². The molecular formula is C13H16F2N2O2. The molecule has 104 valence electrons.